The van der Waals surface area contributed by atoms with E-state index < -0.39 is 21.7 Å². The number of sulfonamides is 1. The quantitative estimate of drug-likeness (QED) is 0.221. The van der Waals surface area contributed by atoms with Gasteiger partial charge in [0, 0.05) is 37.4 Å². The van der Waals surface area contributed by atoms with Crippen molar-refractivity contribution < 1.29 is 17.6 Å². The number of rotatable bonds is 9. The first-order valence-electron chi connectivity index (χ1n) is 13.6. The summed E-state index contributed by atoms with van der Waals surface area (Å²) in [4.78, 5) is 21.2. The maximum absolute atomic E-state index is 14.1. The fourth-order valence-corrected chi connectivity index (χ4v) is 7.22. The van der Waals surface area contributed by atoms with E-state index in [1.807, 2.05) is 6.07 Å². The average molecular weight is 617 g/mol. The fraction of sp³-hybridized carbons (Fsp3) is 0.423. The van der Waals surface area contributed by atoms with Gasteiger partial charge in [0.05, 0.1) is 29.5 Å². The largest absolute Gasteiger partial charge is 0.379 e. The summed E-state index contributed by atoms with van der Waals surface area (Å²) in [5.74, 6) is -0.677. The third-order valence-corrected chi connectivity index (χ3v) is 9.64. The van der Waals surface area contributed by atoms with E-state index in [4.69, 9.17) is 11.6 Å². The van der Waals surface area contributed by atoms with Gasteiger partial charge in [0.25, 0.3) is 5.91 Å². The standard InChI is InChI=1S/C26H30ClFN10O3S/c1-14-23(24(27)37(2)34-14)42(40,41)36-17-7-5-16(6-8-17)32-22-11-20(31-15-3-4-15)25-30-13-21(38(25)35-22)26(39)33-19-9-10-29-12-18(19)28/h9-13,15-17,31,36H,3-8H2,1-2H3,(H,32,35)(H,29,33,39)/t16-,17-. The minimum Gasteiger partial charge on any atom is -0.379 e. The third-order valence-electron chi connectivity index (χ3n) is 7.43. The molecule has 0 unspecified atom stereocenters. The number of hydrogen-bond acceptors (Lipinski definition) is 9. The number of nitrogens with zero attached hydrogens (tertiary/aromatic N) is 6. The Hall–Kier alpha value is -3.82. The SMILES string of the molecule is Cc1nn(C)c(Cl)c1S(=O)(=O)N[C@H]1CC[C@H](Nc2cc(NC3CC3)c3ncc(C(=O)Nc4ccncc4F)n3n2)CC1. The van der Waals surface area contributed by atoms with Crippen LogP contribution in [-0.4, -0.2) is 61.8 Å². The van der Waals surface area contributed by atoms with Crippen molar-refractivity contribution in [3.8, 4) is 0 Å². The molecule has 6 rings (SSSR count). The zero-order valence-electron chi connectivity index (χ0n) is 22.9. The summed E-state index contributed by atoms with van der Waals surface area (Å²) in [5.41, 5.74) is 1.71. The van der Waals surface area contributed by atoms with Crippen LogP contribution in [0.15, 0.2) is 35.6 Å². The van der Waals surface area contributed by atoms with Crippen LogP contribution in [0.1, 0.15) is 54.7 Å². The molecule has 4 N–H and O–H groups in total. The first kappa shape index (κ1) is 28.3. The van der Waals surface area contributed by atoms with Crippen LogP contribution in [0.3, 0.4) is 0 Å². The van der Waals surface area contributed by atoms with Crippen molar-refractivity contribution in [3.05, 3.63) is 53.1 Å². The summed E-state index contributed by atoms with van der Waals surface area (Å²) in [5, 5.41) is 18.3. The van der Waals surface area contributed by atoms with E-state index in [-0.39, 0.29) is 33.5 Å². The van der Waals surface area contributed by atoms with Gasteiger partial charge in [0.2, 0.25) is 10.0 Å². The molecule has 0 atom stereocenters. The molecule has 2 fully saturated rings. The Bertz CT molecular complexity index is 1760. The molecule has 2 aliphatic carbocycles. The predicted molar refractivity (Wildman–Crippen MR) is 155 cm³/mol. The number of fused-ring (bicyclic) bond motifs is 1. The van der Waals surface area contributed by atoms with Crippen LogP contribution in [0.25, 0.3) is 5.65 Å². The molecule has 222 valence electrons. The van der Waals surface area contributed by atoms with Crippen molar-refractivity contribution in [2.24, 2.45) is 7.05 Å². The second kappa shape index (κ2) is 11.1. The van der Waals surface area contributed by atoms with Gasteiger partial charge in [-0.25, -0.2) is 27.0 Å². The monoisotopic (exact) mass is 616 g/mol. The van der Waals surface area contributed by atoms with Crippen LogP contribution in [-0.2, 0) is 17.1 Å². The van der Waals surface area contributed by atoms with E-state index in [0.29, 0.717) is 48.9 Å². The van der Waals surface area contributed by atoms with E-state index >= 15 is 0 Å². The predicted octanol–water partition coefficient (Wildman–Crippen LogP) is 3.49. The van der Waals surface area contributed by atoms with Gasteiger partial charge in [-0.05, 0) is 51.5 Å². The van der Waals surface area contributed by atoms with Crippen LogP contribution < -0.4 is 20.7 Å². The molecule has 16 heteroatoms. The molecule has 4 aromatic heterocycles. The van der Waals surface area contributed by atoms with E-state index in [0.717, 1.165) is 24.7 Å². The highest BCUT2D eigenvalue weighted by Crippen LogP contribution is 2.31. The van der Waals surface area contributed by atoms with Gasteiger partial charge in [-0.1, -0.05) is 11.6 Å². The zero-order chi connectivity index (χ0) is 29.6. The van der Waals surface area contributed by atoms with E-state index in [1.54, 1.807) is 14.0 Å². The first-order valence-corrected chi connectivity index (χ1v) is 15.5. The number of aryl methyl sites for hydroxylation is 2. The molecule has 0 radical (unpaired) electrons. The van der Waals surface area contributed by atoms with Crippen LogP contribution in [0, 0.1) is 12.7 Å². The summed E-state index contributed by atoms with van der Waals surface area (Å²) in [6.07, 6.45) is 8.50. The van der Waals surface area contributed by atoms with Crippen LogP contribution >= 0.6 is 11.6 Å². The second-order valence-electron chi connectivity index (χ2n) is 10.7. The number of amides is 1. The summed E-state index contributed by atoms with van der Waals surface area (Å²) < 4.78 is 45.7. The smallest absolute Gasteiger partial charge is 0.276 e. The minimum atomic E-state index is -3.83. The molecule has 4 aromatic rings. The van der Waals surface area contributed by atoms with Crippen LogP contribution in [0.2, 0.25) is 5.15 Å². The molecule has 42 heavy (non-hydrogen) atoms. The number of carbonyl (C=O) groups excluding carboxylic acids is 1. The molecular weight excluding hydrogens is 587 g/mol. The Morgan fingerprint density at radius 1 is 1.02 bits per heavy atom. The summed E-state index contributed by atoms with van der Waals surface area (Å²) >= 11 is 6.20. The summed E-state index contributed by atoms with van der Waals surface area (Å²) in [6.45, 7) is 1.62. The van der Waals surface area contributed by atoms with Gasteiger partial charge in [-0.2, -0.15) is 5.10 Å². The molecule has 1 amide bonds. The number of halogens is 2. The number of imidazole rings is 1. The average Bonchev–Trinajstić information content (AvgIpc) is 3.58. The lowest BCUT2D eigenvalue weighted by Crippen LogP contribution is -2.40. The lowest BCUT2D eigenvalue weighted by Gasteiger charge is -2.30. The van der Waals surface area contributed by atoms with Gasteiger partial charge < -0.3 is 16.0 Å². The highest BCUT2D eigenvalue weighted by Gasteiger charge is 2.31. The number of pyridine rings is 1. The maximum atomic E-state index is 14.1. The molecule has 0 aliphatic heterocycles. The van der Waals surface area contributed by atoms with E-state index in [9.17, 15) is 17.6 Å². The Kier molecular flexibility index (Phi) is 7.49. The second-order valence-corrected chi connectivity index (χ2v) is 12.7. The third kappa shape index (κ3) is 5.76. The Morgan fingerprint density at radius 3 is 2.38 bits per heavy atom. The first-order chi connectivity index (χ1) is 20.1. The molecule has 0 spiro atoms. The molecule has 0 saturated heterocycles. The topological polar surface area (TPSA) is 160 Å². The maximum Gasteiger partial charge on any atom is 0.276 e. The van der Waals surface area contributed by atoms with Gasteiger partial charge in [0.15, 0.2) is 17.2 Å². The molecule has 4 heterocycles. The highest BCUT2D eigenvalue weighted by molar-refractivity contribution is 7.89. The molecule has 13 nitrogen and oxygen atoms in total. The Balaban J connectivity index is 1.17. The zero-order valence-corrected chi connectivity index (χ0v) is 24.5. The lowest BCUT2D eigenvalue weighted by molar-refractivity contribution is 0.102. The summed E-state index contributed by atoms with van der Waals surface area (Å²) in [7, 11) is -2.23. The number of nitrogens with one attached hydrogen (secondary N) is 4. The van der Waals surface area contributed by atoms with Crippen LogP contribution in [0.4, 0.5) is 21.6 Å². The molecular formula is C26H30ClFN10O3S. The number of carbonyl (C=O) groups is 1. The number of anilines is 3. The number of hydrogen-bond donors (Lipinski definition) is 4. The molecule has 2 aliphatic rings. The van der Waals surface area contributed by atoms with Gasteiger partial charge in [0.1, 0.15) is 15.9 Å². The van der Waals surface area contributed by atoms with Crippen LogP contribution in [0.5, 0.6) is 0 Å². The van der Waals surface area contributed by atoms with Crippen molar-refractivity contribution in [2.45, 2.75) is 68.5 Å². The Labute approximate surface area is 246 Å². The fourth-order valence-electron chi connectivity index (χ4n) is 5.17. The van der Waals surface area contributed by atoms with Gasteiger partial charge in [-0.3, -0.25) is 14.5 Å². The van der Waals surface area contributed by atoms with E-state index in [2.05, 4.69) is 40.8 Å². The van der Waals surface area contributed by atoms with Gasteiger partial charge in [-0.15, -0.1) is 5.10 Å². The highest BCUT2D eigenvalue weighted by atomic mass is 35.5. The lowest BCUT2D eigenvalue weighted by atomic mass is 9.92. The normalized spacial score (nSPS) is 19.1. The van der Waals surface area contributed by atoms with Crippen molar-refractivity contribution in [1.82, 2.24) is 34.1 Å². The van der Waals surface area contributed by atoms with Gasteiger partial charge >= 0.3 is 0 Å². The van der Waals surface area contributed by atoms with Crippen molar-refractivity contribution in [3.63, 3.8) is 0 Å². The summed E-state index contributed by atoms with van der Waals surface area (Å²) in [6, 6.07) is 3.35. The van der Waals surface area contributed by atoms with Crippen molar-refractivity contribution in [2.75, 3.05) is 16.0 Å². The Morgan fingerprint density at radius 2 is 1.71 bits per heavy atom. The van der Waals surface area contributed by atoms with E-state index in [1.165, 1.54) is 27.7 Å². The molecule has 0 bridgehead atoms. The molecule has 2 saturated carbocycles. The van der Waals surface area contributed by atoms with Crippen molar-refractivity contribution >= 4 is 50.4 Å². The molecule has 0 aromatic carbocycles. The minimum absolute atomic E-state index is 0.00361. The van der Waals surface area contributed by atoms with Crippen molar-refractivity contribution in [1.29, 1.82) is 0 Å². The number of aromatic nitrogens is 6.